The summed E-state index contributed by atoms with van der Waals surface area (Å²) in [5.74, 6) is -1.91. The third-order valence-electron chi connectivity index (χ3n) is 3.68. The van der Waals surface area contributed by atoms with E-state index in [1.807, 2.05) is 0 Å². The number of aromatic nitrogens is 1. The molecule has 0 aliphatic carbocycles. The van der Waals surface area contributed by atoms with Crippen LogP contribution in [0.2, 0.25) is 10.0 Å². The summed E-state index contributed by atoms with van der Waals surface area (Å²) in [6.07, 6.45) is 0. The largest absolute Gasteiger partial charge is 0.462 e. The molecule has 0 aliphatic rings. The molecule has 7 nitrogen and oxygen atoms in total. The lowest BCUT2D eigenvalue weighted by Gasteiger charge is -2.09. The van der Waals surface area contributed by atoms with Crippen LogP contribution in [0.25, 0.3) is 0 Å². The number of ether oxygens (including phenoxy) is 2. The van der Waals surface area contributed by atoms with E-state index in [9.17, 15) is 14.4 Å². The molecule has 0 spiro atoms. The summed E-state index contributed by atoms with van der Waals surface area (Å²) < 4.78 is 9.98. The number of carbonyl (C=O) groups excluding carboxylic acids is 3. The lowest BCUT2D eigenvalue weighted by atomic mass is 10.1. The molecule has 27 heavy (non-hydrogen) atoms. The zero-order valence-corrected chi connectivity index (χ0v) is 16.5. The van der Waals surface area contributed by atoms with Gasteiger partial charge in [0.2, 0.25) is 0 Å². The van der Waals surface area contributed by atoms with Crippen LogP contribution in [0.4, 0.5) is 5.69 Å². The molecule has 0 saturated heterocycles. The van der Waals surface area contributed by atoms with Gasteiger partial charge in [-0.25, -0.2) is 9.59 Å². The molecule has 0 fully saturated rings. The maximum atomic E-state index is 12.3. The van der Waals surface area contributed by atoms with Crippen LogP contribution in [0.5, 0.6) is 0 Å². The number of aromatic amines is 1. The van der Waals surface area contributed by atoms with Crippen LogP contribution in [-0.4, -0.2) is 36.0 Å². The summed E-state index contributed by atoms with van der Waals surface area (Å²) in [7, 11) is 0. The molecule has 1 aromatic carbocycles. The van der Waals surface area contributed by atoms with Crippen molar-refractivity contribution in [2.24, 2.45) is 0 Å². The van der Waals surface area contributed by atoms with Gasteiger partial charge in [-0.2, -0.15) is 0 Å². The third kappa shape index (κ3) is 4.81. The van der Waals surface area contributed by atoms with Crippen LogP contribution >= 0.6 is 23.2 Å². The van der Waals surface area contributed by atoms with E-state index in [1.165, 1.54) is 0 Å². The first-order valence-corrected chi connectivity index (χ1v) is 8.79. The Bertz CT molecular complexity index is 872. The number of aryl methyl sites for hydroxylation is 1. The summed E-state index contributed by atoms with van der Waals surface area (Å²) in [4.78, 5) is 39.0. The van der Waals surface area contributed by atoms with E-state index in [2.05, 4.69) is 10.3 Å². The number of para-hydroxylation sites is 1. The van der Waals surface area contributed by atoms with Gasteiger partial charge in [0.15, 0.2) is 6.61 Å². The molecule has 1 heterocycles. The highest BCUT2D eigenvalue weighted by Gasteiger charge is 2.24. The minimum atomic E-state index is -0.772. The monoisotopic (exact) mass is 412 g/mol. The normalized spacial score (nSPS) is 10.4. The van der Waals surface area contributed by atoms with Gasteiger partial charge in [-0.15, -0.1) is 0 Å². The molecule has 0 saturated carbocycles. The van der Waals surface area contributed by atoms with Gasteiger partial charge in [0.25, 0.3) is 5.91 Å². The van der Waals surface area contributed by atoms with E-state index in [0.717, 1.165) is 0 Å². The number of amides is 1. The summed E-state index contributed by atoms with van der Waals surface area (Å²) in [5, 5.41) is 3.01. The molecule has 0 radical (unpaired) electrons. The maximum absolute atomic E-state index is 12.3. The fourth-order valence-corrected chi connectivity index (χ4v) is 2.95. The van der Waals surface area contributed by atoms with Crippen molar-refractivity contribution >= 4 is 46.7 Å². The first-order valence-electron chi connectivity index (χ1n) is 8.03. The highest BCUT2D eigenvalue weighted by Crippen LogP contribution is 2.29. The highest BCUT2D eigenvalue weighted by atomic mass is 35.5. The van der Waals surface area contributed by atoms with Crippen LogP contribution in [0.3, 0.4) is 0 Å². The van der Waals surface area contributed by atoms with E-state index >= 15 is 0 Å². The zero-order chi connectivity index (χ0) is 20.1. The third-order valence-corrected chi connectivity index (χ3v) is 4.31. The Balaban J connectivity index is 2.05. The number of hydrogen-bond donors (Lipinski definition) is 2. The summed E-state index contributed by atoms with van der Waals surface area (Å²) in [6, 6.07) is 4.77. The van der Waals surface area contributed by atoms with Crippen molar-refractivity contribution < 1.29 is 23.9 Å². The molecule has 0 unspecified atom stereocenters. The van der Waals surface area contributed by atoms with Crippen molar-refractivity contribution in [3.63, 3.8) is 0 Å². The zero-order valence-electron chi connectivity index (χ0n) is 14.9. The standard InChI is InChI=1S/C18H18Cl2N2O5/c1-4-26-17(24)14-9(2)15(21-10(14)3)18(25)27-8-13(23)22-16-11(19)6-5-7-12(16)20/h5-7,21H,4,8H2,1-3H3,(H,22,23). The number of H-pyrrole nitrogens is 1. The van der Waals surface area contributed by atoms with Crippen molar-refractivity contribution in [1.82, 2.24) is 4.98 Å². The average molecular weight is 413 g/mol. The molecular formula is C18H18Cl2N2O5. The molecule has 1 amide bonds. The Morgan fingerprint density at radius 2 is 1.70 bits per heavy atom. The lowest BCUT2D eigenvalue weighted by Crippen LogP contribution is -2.21. The van der Waals surface area contributed by atoms with E-state index in [-0.39, 0.29) is 33.6 Å². The van der Waals surface area contributed by atoms with Gasteiger partial charge in [-0.3, -0.25) is 4.79 Å². The predicted octanol–water partition coefficient (Wildman–Crippen LogP) is 3.91. The smallest absolute Gasteiger partial charge is 0.355 e. The molecule has 144 valence electrons. The number of rotatable bonds is 6. The van der Waals surface area contributed by atoms with Crippen LogP contribution in [0.1, 0.15) is 39.0 Å². The number of esters is 2. The number of hydrogen-bond acceptors (Lipinski definition) is 5. The number of carbonyl (C=O) groups is 3. The van der Waals surface area contributed by atoms with Gasteiger partial charge >= 0.3 is 11.9 Å². The second-order valence-corrected chi connectivity index (χ2v) is 6.38. The molecule has 2 N–H and O–H groups in total. The fraction of sp³-hybridized carbons (Fsp3) is 0.278. The summed E-state index contributed by atoms with van der Waals surface area (Å²) >= 11 is 11.9. The van der Waals surface area contributed by atoms with Crippen molar-refractivity contribution in [3.8, 4) is 0 Å². The average Bonchev–Trinajstić information content (AvgIpc) is 2.91. The SMILES string of the molecule is CCOC(=O)c1c(C)[nH]c(C(=O)OCC(=O)Nc2c(Cl)cccc2Cl)c1C. The number of anilines is 1. The van der Waals surface area contributed by atoms with Crippen molar-refractivity contribution in [2.75, 3.05) is 18.5 Å². The Kier molecular flexibility index (Phi) is 6.87. The summed E-state index contributed by atoms with van der Waals surface area (Å²) in [6.45, 7) is 4.59. The Morgan fingerprint density at radius 1 is 1.07 bits per heavy atom. The van der Waals surface area contributed by atoms with E-state index in [0.29, 0.717) is 11.3 Å². The van der Waals surface area contributed by atoms with Gasteiger partial charge in [0, 0.05) is 5.69 Å². The van der Waals surface area contributed by atoms with Gasteiger partial charge in [-0.05, 0) is 38.5 Å². The molecule has 1 aromatic heterocycles. The maximum Gasteiger partial charge on any atom is 0.355 e. The van der Waals surface area contributed by atoms with Crippen LogP contribution < -0.4 is 5.32 Å². The first kappa shape index (κ1) is 20.8. The van der Waals surface area contributed by atoms with E-state index < -0.39 is 24.5 Å². The Hall–Kier alpha value is -2.51. The van der Waals surface area contributed by atoms with E-state index in [4.69, 9.17) is 32.7 Å². The second kappa shape index (κ2) is 8.92. The second-order valence-electron chi connectivity index (χ2n) is 5.57. The van der Waals surface area contributed by atoms with Crippen molar-refractivity contribution in [1.29, 1.82) is 0 Å². The topological polar surface area (TPSA) is 97.5 Å². The van der Waals surface area contributed by atoms with Crippen molar-refractivity contribution in [2.45, 2.75) is 20.8 Å². The first-order chi connectivity index (χ1) is 12.8. The van der Waals surface area contributed by atoms with Gasteiger partial charge < -0.3 is 19.8 Å². The van der Waals surface area contributed by atoms with Crippen molar-refractivity contribution in [3.05, 3.63) is 50.8 Å². The number of nitrogens with one attached hydrogen (secondary N) is 2. The highest BCUT2D eigenvalue weighted by molar-refractivity contribution is 6.39. The minimum absolute atomic E-state index is 0.0825. The number of halogens is 2. The predicted molar refractivity (Wildman–Crippen MR) is 102 cm³/mol. The Morgan fingerprint density at radius 3 is 2.30 bits per heavy atom. The molecule has 0 bridgehead atoms. The minimum Gasteiger partial charge on any atom is -0.462 e. The summed E-state index contributed by atoms with van der Waals surface area (Å²) in [5.41, 5.74) is 1.46. The molecule has 0 aliphatic heterocycles. The quantitative estimate of drug-likeness (QED) is 0.700. The number of benzene rings is 1. The molecular weight excluding hydrogens is 395 g/mol. The lowest BCUT2D eigenvalue weighted by molar-refractivity contribution is -0.119. The van der Waals surface area contributed by atoms with Gasteiger partial charge in [0.1, 0.15) is 5.69 Å². The molecule has 0 atom stereocenters. The van der Waals surface area contributed by atoms with E-state index in [1.54, 1.807) is 39.0 Å². The molecule has 2 aromatic rings. The molecule has 9 heteroatoms. The Labute approximate surface area is 165 Å². The van der Waals surface area contributed by atoms with Crippen LogP contribution in [-0.2, 0) is 14.3 Å². The molecule has 2 rings (SSSR count). The van der Waals surface area contributed by atoms with Gasteiger partial charge in [0.05, 0.1) is 27.9 Å². The van der Waals surface area contributed by atoms with Gasteiger partial charge in [-0.1, -0.05) is 29.3 Å². The van der Waals surface area contributed by atoms with Crippen LogP contribution in [0, 0.1) is 13.8 Å². The van der Waals surface area contributed by atoms with Crippen LogP contribution in [0.15, 0.2) is 18.2 Å². The fourth-order valence-electron chi connectivity index (χ4n) is 2.46.